The Morgan fingerprint density at radius 1 is 1.08 bits per heavy atom. The number of carbonyl (C=O) groups excluding carboxylic acids is 1. The summed E-state index contributed by atoms with van der Waals surface area (Å²) in [6, 6.07) is 8.45. The summed E-state index contributed by atoms with van der Waals surface area (Å²) in [5.74, 6) is -0.702. The normalized spacial score (nSPS) is 22.2. The summed E-state index contributed by atoms with van der Waals surface area (Å²) < 4.78 is 0. The van der Waals surface area contributed by atoms with Gasteiger partial charge in [-0.15, -0.1) is 0 Å². The molecule has 4 nitrogen and oxygen atoms in total. The third kappa shape index (κ3) is 4.59. The molecule has 0 aliphatic heterocycles. The number of benzene rings is 1. The van der Waals surface area contributed by atoms with Crippen LogP contribution in [0.4, 0.5) is 0 Å². The van der Waals surface area contributed by atoms with E-state index in [1.165, 1.54) is 5.56 Å². The molecule has 0 aromatic heterocycles. The summed E-state index contributed by atoms with van der Waals surface area (Å²) in [5, 5.41) is 12.3. The van der Waals surface area contributed by atoms with E-state index in [9.17, 15) is 9.59 Å². The Bertz CT molecular complexity index is 557. The SMILES string of the molecule is CCc1ccc(C(NC(=O)C2CCC(C(=O)O)CC2)C(C)C)cc1. The van der Waals surface area contributed by atoms with Crippen molar-refractivity contribution in [3.8, 4) is 0 Å². The van der Waals surface area contributed by atoms with Crippen molar-refractivity contribution in [1.82, 2.24) is 5.32 Å². The molecule has 1 amide bonds. The first kappa shape index (κ1) is 18.5. The molecule has 4 heteroatoms. The number of rotatable bonds is 6. The van der Waals surface area contributed by atoms with E-state index in [0.29, 0.717) is 31.6 Å². The van der Waals surface area contributed by atoms with Crippen LogP contribution in [-0.2, 0) is 16.0 Å². The molecule has 1 saturated carbocycles. The number of carboxylic acid groups (broad SMARTS) is 1. The van der Waals surface area contributed by atoms with Gasteiger partial charge >= 0.3 is 5.97 Å². The topological polar surface area (TPSA) is 66.4 Å². The van der Waals surface area contributed by atoms with Gasteiger partial charge in [-0.25, -0.2) is 0 Å². The van der Waals surface area contributed by atoms with Gasteiger partial charge in [0.15, 0.2) is 0 Å². The third-order valence-electron chi connectivity index (χ3n) is 5.16. The van der Waals surface area contributed by atoms with Crippen LogP contribution in [0.25, 0.3) is 0 Å². The maximum absolute atomic E-state index is 12.6. The second-order valence-corrected chi connectivity index (χ2v) is 7.21. The Balaban J connectivity index is 1.99. The van der Waals surface area contributed by atoms with E-state index >= 15 is 0 Å². The molecule has 1 atom stereocenters. The van der Waals surface area contributed by atoms with E-state index in [-0.39, 0.29) is 23.8 Å². The van der Waals surface area contributed by atoms with Gasteiger partial charge in [-0.05, 0) is 49.1 Å². The van der Waals surface area contributed by atoms with Crippen LogP contribution in [-0.4, -0.2) is 17.0 Å². The van der Waals surface area contributed by atoms with Gasteiger partial charge in [-0.2, -0.15) is 0 Å². The molecular weight excluding hydrogens is 302 g/mol. The smallest absolute Gasteiger partial charge is 0.306 e. The monoisotopic (exact) mass is 331 g/mol. The summed E-state index contributed by atoms with van der Waals surface area (Å²) in [4.78, 5) is 23.7. The number of hydrogen-bond donors (Lipinski definition) is 2. The predicted molar refractivity (Wildman–Crippen MR) is 94.6 cm³/mol. The third-order valence-corrected chi connectivity index (χ3v) is 5.16. The number of aryl methyl sites for hydroxylation is 1. The molecular formula is C20H29NO3. The fraction of sp³-hybridized carbons (Fsp3) is 0.600. The lowest BCUT2D eigenvalue weighted by molar-refractivity contribution is -0.144. The van der Waals surface area contributed by atoms with E-state index in [4.69, 9.17) is 5.11 Å². The van der Waals surface area contributed by atoms with Crippen molar-refractivity contribution in [1.29, 1.82) is 0 Å². The van der Waals surface area contributed by atoms with E-state index in [1.807, 2.05) is 0 Å². The average Bonchev–Trinajstić information content (AvgIpc) is 2.59. The molecule has 1 unspecified atom stereocenters. The van der Waals surface area contributed by atoms with Crippen molar-refractivity contribution in [2.24, 2.45) is 17.8 Å². The lowest BCUT2D eigenvalue weighted by Crippen LogP contribution is -2.38. The van der Waals surface area contributed by atoms with E-state index in [2.05, 4.69) is 50.4 Å². The van der Waals surface area contributed by atoms with Gasteiger partial charge in [-0.3, -0.25) is 9.59 Å². The minimum absolute atomic E-state index is 0.000559. The molecule has 2 rings (SSSR count). The molecule has 0 spiro atoms. The molecule has 1 aromatic carbocycles. The zero-order chi connectivity index (χ0) is 17.7. The van der Waals surface area contributed by atoms with Gasteiger partial charge in [0.25, 0.3) is 0 Å². The van der Waals surface area contributed by atoms with Crippen LogP contribution in [0.1, 0.15) is 63.6 Å². The van der Waals surface area contributed by atoms with Crippen molar-refractivity contribution < 1.29 is 14.7 Å². The summed E-state index contributed by atoms with van der Waals surface area (Å²) in [7, 11) is 0. The standard InChI is InChI=1S/C20H29NO3/c1-4-14-5-7-15(8-6-14)18(13(2)3)21-19(22)16-9-11-17(12-10-16)20(23)24/h5-8,13,16-18H,4,9-12H2,1-3H3,(H,21,22)(H,23,24). The summed E-state index contributed by atoms with van der Waals surface area (Å²) >= 11 is 0. The summed E-state index contributed by atoms with van der Waals surface area (Å²) in [6.07, 6.45) is 3.55. The predicted octanol–water partition coefficient (Wildman–Crippen LogP) is 3.95. The quantitative estimate of drug-likeness (QED) is 0.829. The molecule has 132 valence electrons. The Labute approximate surface area is 144 Å². The van der Waals surface area contributed by atoms with Crippen LogP contribution in [0.2, 0.25) is 0 Å². The van der Waals surface area contributed by atoms with Crippen molar-refractivity contribution in [3.05, 3.63) is 35.4 Å². The maximum Gasteiger partial charge on any atom is 0.306 e. The first-order valence-electron chi connectivity index (χ1n) is 9.04. The number of nitrogens with one attached hydrogen (secondary N) is 1. The lowest BCUT2D eigenvalue weighted by atomic mass is 9.81. The van der Waals surface area contributed by atoms with Gasteiger partial charge in [0.1, 0.15) is 0 Å². The van der Waals surface area contributed by atoms with Crippen LogP contribution >= 0.6 is 0 Å². The molecule has 24 heavy (non-hydrogen) atoms. The van der Waals surface area contributed by atoms with Crippen LogP contribution in [0.3, 0.4) is 0 Å². The Morgan fingerprint density at radius 3 is 2.08 bits per heavy atom. The van der Waals surface area contributed by atoms with Crippen molar-refractivity contribution >= 4 is 11.9 Å². The van der Waals surface area contributed by atoms with Crippen LogP contribution in [0, 0.1) is 17.8 Å². The molecule has 0 heterocycles. The van der Waals surface area contributed by atoms with Gasteiger partial charge in [-0.1, -0.05) is 45.0 Å². The fourth-order valence-electron chi connectivity index (χ4n) is 3.47. The highest BCUT2D eigenvalue weighted by Gasteiger charge is 2.31. The van der Waals surface area contributed by atoms with Crippen molar-refractivity contribution in [3.63, 3.8) is 0 Å². The van der Waals surface area contributed by atoms with E-state index < -0.39 is 5.97 Å². The van der Waals surface area contributed by atoms with Crippen LogP contribution in [0.15, 0.2) is 24.3 Å². The average molecular weight is 331 g/mol. The number of amides is 1. The Morgan fingerprint density at radius 2 is 1.62 bits per heavy atom. The molecule has 1 aliphatic rings. The molecule has 1 aromatic rings. The number of hydrogen-bond acceptors (Lipinski definition) is 2. The van der Waals surface area contributed by atoms with Crippen LogP contribution in [0.5, 0.6) is 0 Å². The van der Waals surface area contributed by atoms with Gasteiger partial charge in [0.2, 0.25) is 5.91 Å². The molecule has 1 aliphatic carbocycles. The number of aliphatic carboxylic acids is 1. The van der Waals surface area contributed by atoms with Gasteiger partial charge < -0.3 is 10.4 Å². The molecule has 0 bridgehead atoms. The highest BCUT2D eigenvalue weighted by molar-refractivity contribution is 5.79. The maximum atomic E-state index is 12.6. The molecule has 0 saturated heterocycles. The van der Waals surface area contributed by atoms with Gasteiger partial charge in [0, 0.05) is 5.92 Å². The van der Waals surface area contributed by atoms with Crippen LogP contribution < -0.4 is 5.32 Å². The fourth-order valence-corrected chi connectivity index (χ4v) is 3.47. The number of carboxylic acids is 1. The van der Waals surface area contributed by atoms with E-state index in [1.54, 1.807) is 0 Å². The van der Waals surface area contributed by atoms with Gasteiger partial charge in [0.05, 0.1) is 12.0 Å². The van der Waals surface area contributed by atoms with E-state index in [0.717, 1.165) is 12.0 Å². The Hall–Kier alpha value is -1.84. The minimum Gasteiger partial charge on any atom is -0.481 e. The highest BCUT2D eigenvalue weighted by atomic mass is 16.4. The zero-order valence-corrected chi connectivity index (χ0v) is 14.9. The summed E-state index contributed by atoms with van der Waals surface area (Å²) in [5.41, 5.74) is 2.43. The Kier molecular flexibility index (Phi) is 6.41. The van der Waals surface area contributed by atoms with Crippen molar-refractivity contribution in [2.45, 2.75) is 58.9 Å². The summed E-state index contributed by atoms with van der Waals surface area (Å²) in [6.45, 7) is 6.35. The highest BCUT2D eigenvalue weighted by Crippen LogP contribution is 2.30. The van der Waals surface area contributed by atoms with Crippen molar-refractivity contribution in [2.75, 3.05) is 0 Å². The second kappa shape index (κ2) is 8.32. The lowest BCUT2D eigenvalue weighted by Gasteiger charge is -2.29. The first-order valence-corrected chi connectivity index (χ1v) is 9.04. The second-order valence-electron chi connectivity index (χ2n) is 7.21. The first-order chi connectivity index (χ1) is 11.4. The zero-order valence-electron chi connectivity index (χ0n) is 14.9. The molecule has 0 radical (unpaired) electrons. The molecule has 1 fully saturated rings. The largest absolute Gasteiger partial charge is 0.481 e. The minimum atomic E-state index is -0.732. The number of carbonyl (C=O) groups is 2. The molecule has 2 N–H and O–H groups in total.